The predicted molar refractivity (Wildman–Crippen MR) is 117 cm³/mol. The Hall–Kier alpha value is -0.420. The molecule has 3 fully saturated rings. The smallest absolute Gasteiger partial charge is 0.160 e. The van der Waals surface area contributed by atoms with E-state index in [1.807, 2.05) is 0 Å². The molecular weight excluding hydrogens is 364 g/mol. The van der Waals surface area contributed by atoms with Crippen LogP contribution in [-0.2, 0) is 18.9 Å². The van der Waals surface area contributed by atoms with Gasteiger partial charge in [-0.25, -0.2) is 0 Å². The fraction of sp³-hybridized carbons (Fsp3) is 0.920. The van der Waals surface area contributed by atoms with Crippen LogP contribution in [0.15, 0.2) is 12.2 Å². The molecule has 3 aliphatic rings. The third-order valence-corrected chi connectivity index (χ3v) is 6.93. The highest BCUT2D eigenvalue weighted by molar-refractivity contribution is 4.88. The summed E-state index contributed by atoms with van der Waals surface area (Å²) in [6, 6.07) is 0. The summed E-state index contributed by atoms with van der Waals surface area (Å²) in [4.78, 5) is 0. The van der Waals surface area contributed by atoms with Crippen LogP contribution in [0.4, 0.5) is 0 Å². The quantitative estimate of drug-likeness (QED) is 0.323. The molecule has 1 saturated carbocycles. The van der Waals surface area contributed by atoms with E-state index in [1.54, 1.807) is 0 Å². The topological polar surface area (TPSA) is 36.9 Å². The Labute approximate surface area is 178 Å². The molecule has 0 bridgehead atoms. The minimum absolute atomic E-state index is 0.0381. The monoisotopic (exact) mass is 408 g/mol. The van der Waals surface area contributed by atoms with Gasteiger partial charge in [0.15, 0.2) is 12.6 Å². The zero-order valence-electron chi connectivity index (χ0n) is 18.9. The molecule has 1 aliphatic carbocycles. The summed E-state index contributed by atoms with van der Waals surface area (Å²) in [7, 11) is 0. The minimum Gasteiger partial charge on any atom is -0.352 e. The first kappa shape index (κ1) is 23.2. The lowest BCUT2D eigenvalue weighted by Gasteiger charge is -2.38. The van der Waals surface area contributed by atoms with Crippen molar-refractivity contribution in [3.05, 3.63) is 12.2 Å². The van der Waals surface area contributed by atoms with E-state index in [4.69, 9.17) is 18.9 Å². The van der Waals surface area contributed by atoms with Gasteiger partial charge in [-0.3, -0.25) is 0 Å². The zero-order valence-corrected chi connectivity index (χ0v) is 18.9. The third-order valence-electron chi connectivity index (χ3n) is 6.93. The van der Waals surface area contributed by atoms with Gasteiger partial charge in [-0.1, -0.05) is 51.7 Å². The van der Waals surface area contributed by atoms with Gasteiger partial charge in [0, 0.05) is 17.8 Å². The van der Waals surface area contributed by atoms with E-state index in [2.05, 4.69) is 26.0 Å². The summed E-state index contributed by atoms with van der Waals surface area (Å²) in [5, 5.41) is 0. The number of unbranched alkanes of at least 4 members (excludes halogenated alkanes) is 2. The highest BCUT2D eigenvalue weighted by atomic mass is 16.7. The largest absolute Gasteiger partial charge is 0.352 e. The van der Waals surface area contributed by atoms with Gasteiger partial charge in [-0.15, -0.1) is 0 Å². The first-order valence-corrected chi connectivity index (χ1v) is 12.4. The van der Waals surface area contributed by atoms with Crippen molar-refractivity contribution in [1.82, 2.24) is 0 Å². The van der Waals surface area contributed by atoms with E-state index in [0.29, 0.717) is 17.8 Å². The van der Waals surface area contributed by atoms with Crippen LogP contribution in [0.2, 0.25) is 0 Å². The van der Waals surface area contributed by atoms with E-state index < -0.39 is 0 Å². The molecule has 168 valence electrons. The summed E-state index contributed by atoms with van der Waals surface area (Å²) in [5.41, 5.74) is 0. The predicted octanol–water partition coefficient (Wildman–Crippen LogP) is 6.10. The molecule has 29 heavy (non-hydrogen) atoms. The van der Waals surface area contributed by atoms with Gasteiger partial charge in [-0.05, 0) is 50.9 Å². The second-order valence-electron chi connectivity index (χ2n) is 9.45. The highest BCUT2D eigenvalue weighted by Gasteiger charge is 2.32. The zero-order chi connectivity index (χ0) is 20.3. The average molecular weight is 409 g/mol. The van der Waals surface area contributed by atoms with Crippen LogP contribution in [0.1, 0.15) is 84.5 Å². The highest BCUT2D eigenvalue weighted by Crippen LogP contribution is 2.36. The van der Waals surface area contributed by atoms with Crippen LogP contribution in [0.3, 0.4) is 0 Å². The summed E-state index contributed by atoms with van der Waals surface area (Å²) in [6.45, 7) is 7.66. The van der Waals surface area contributed by atoms with Gasteiger partial charge in [0.05, 0.1) is 26.4 Å². The van der Waals surface area contributed by atoms with E-state index in [1.165, 1.54) is 51.4 Å². The van der Waals surface area contributed by atoms with Crippen molar-refractivity contribution in [3.63, 3.8) is 0 Å². The van der Waals surface area contributed by atoms with E-state index in [9.17, 15) is 0 Å². The number of ether oxygens (including phenoxy) is 4. The van der Waals surface area contributed by atoms with Crippen LogP contribution < -0.4 is 0 Å². The lowest BCUT2D eigenvalue weighted by molar-refractivity contribution is -0.235. The number of hydrogen-bond donors (Lipinski definition) is 0. The molecule has 2 heterocycles. The minimum atomic E-state index is -0.0537. The third kappa shape index (κ3) is 7.97. The SMILES string of the molecule is CC/C=C/[C@H]1CO[C@H](CCC2COC([C@H]3CC[C@H](CCCCC)CC3)OC2)OC1. The maximum atomic E-state index is 6.15. The van der Waals surface area contributed by atoms with E-state index in [0.717, 1.165) is 51.6 Å². The van der Waals surface area contributed by atoms with Crippen molar-refractivity contribution >= 4 is 0 Å². The van der Waals surface area contributed by atoms with Gasteiger partial charge in [-0.2, -0.15) is 0 Å². The molecule has 0 aromatic heterocycles. The van der Waals surface area contributed by atoms with Crippen LogP contribution in [0, 0.1) is 23.7 Å². The molecule has 0 unspecified atom stereocenters. The van der Waals surface area contributed by atoms with Gasteiger partial charge in [0.1, 0.15) is 0 Å². The van der Waals surface area contributed by atoms with Crippen molar-refractivity contribution in [2.75, 3.05) is 26.4 Å². The Morgan fingerprint density at radius 2 is 1.45 bits per heavy atom. The molecule has 4 nitrogen and oxygen atoms in total. The summed E-state index contributed by atoms with van der Waals surface area (Å²) in [5.74, 6) is 2.44. The van der Waals surface area contributed by atoms with Crippen LogP contribution >= 0.6 is 0 Å². The van der Waals surface area contributed by atoms with Gasteiger partial charge < -0.3 is 18.9 Å². The van der Waals surface area contributed by atoms with Gasteiger partial charge in [0.25, 0.3) is 0 Å². The molecule has 2 saturated heterocycles. The fourth-order valence-electron chi connectivity index (χ4n) is 4.97. The molecule has 0 amide bonds. The molecule has 0 aromatic carbocycles. The van der Waals surface area contributed by atoms with E-state index in [-0.39, 0.29) is 12.6 Å². The molecule has 4 heteroatoms. The van der Waals surface area contributed by atoms with Crippen LogP contribution in [0.5, 0.6) is 0 Å². The summed E-state index contributed by atoms with van der Waals surface area (Å²) >= 11 is 0. The Balaban J connectivity index is 1.25. The standard InChI is InChI=1S/C25H44O4/c1-3-5-7-9-20-10-13-23(14-11-20)25-28-18-22(19-29-25)12-15-24-26-16-21(17-27-24)8-6-4-2/h6,8,20-25H,3-5,7,9-19H2,1-2H3/b8-6+/t20-,21-,22?,23-,24-,25?. The normalized spacial score (nSPS) is 36.5. The molecule has 0 atom stereocenters. The molecule has 0 aromatic rings. The number of rotatable bonds is 10. The van der Waals surface area contributed by atoms with Gasteiger partial charge in [0.2, 0.25) is 0 Å². The van der Waals surface area contributed by atoms with Crippen molar-refractivity contribution in [3.8, 4) is 0 Å². The first-order valence-electron chi connectivity index (χ1n) is 12.4. The van der Waals surface area contributed by atoms with E-state index >= 15 is 0 Å². The summed E-state index contributed by atoms with van der Waals surface area (Å²) in [6.07, 6.45) is 18.3. The second-order valence-corrected chi connectivity index (χ2v) is 9.45. The van der Waals surface area contributed by atoms with Crippen molar-refractivity contribution < 1.29 is 18.9 Å². The van der Waals surface area contributed by atoms with Crippen molar-refractivity contribution in [2.45, 2.75) is 97.1 Å². The molecule has 0 N–H and O–H groups in total. The molecular formula is C25H44O4. The van der Waals surface area contributed by atoms with Crippen molar-refractivity contribution in [1.29, 1.82) is 0 Å². The van der Waals surface area contributed by atoms with Gasteiger partial charge >= 0.3 is 0 Å². The number of allylic oxidation sites excluding steroid dienone is 1. The Bertz CT molecular complexity index is 442. The van der Waals surface area contributed by atoms with Crippen LogP contribution in [0.25, 0.3) is 0 Å². The lowest BCUT2D eigenvalue weighted by atomic mass is 9.79. The Morgan fingerprint density at radius 1 is 0.724 bits per heavy atom. The Morgan fingerprint density at radius 3 is 2.10 bits per heavy atom. The average Bonchev–Trinajstić information content (AvgIpc) is 2.78. The fourth-order valence-corrected chi connectivity index (χ4v) is 4.97. The molecule has 3 rings (SSSR count). The summed E-state index contributed by atoms with van der Waals surface area (Å²) < 4.78 is 24.1. The Kier molecular flexibility index (Phi) is 10.5. The lowest BCUT2D eigenvalue weighted by Crippen LogP contribution is -2.39. The maximum absolute atomic E-state index is 6.15. The molecule has 2 aliphatic heterocycles. The molecule has 0 spiro atoms. The first-order chi connectivity index (χ1) is 14.3. The molecule has 0 radical (unpaired) electrons. The second kappa shape index (κ2) is 13.1. The maximum Gasteiger partial charge on any atom is 0.160 e. The van der Waals surface area contributed by atoms with Crippen molar-refractivity contribution in [2.24, 2.45) is 23.7 Å². The number of hydrogen-bond acceptors (Lipinski definition) is 4. The van der Waals surface area contributed by atoms with Crippen LogP contribution in [-0.4, -0.2) is 39.0 Å².